The van der Waals surface area contributed by atoms with Gasteiger partial charge in [-0.1, -0.05) is 19.1 Å². The molecule has 0 aliphatic heterocycles. The molecule has 1 unspecified atom stereocenters. The number of aryl methyl sites for hydroxylation is 3. The molecule has 1 aromatic heterocycles. The van der Waals surface area contributed by atoms with Gasteiger partial charge in [0.15, 0.2) is 0 Å². The average Bonchev–Trinajstić information content (AvgIpc) is 2.78. The highest BCUT2D eigenvalue weighted by Gasteiger charge is 2.14. The number of hydrogen-bond donors (Lipinski definition) is 1. The Kier molecular flexibility index (Phi) is 4.32. The molecule has 1 atom stereocenters. The maximum atomic E-state index is 5.49. The molecule has 0 aliphatic carbocycles. The second kappa shape index (κ2) is 5.99. The van der Waals surface area contributed by atoms with E-state index in [4.69, 9.17) is 4.74 Å². The molecule has 0 saturated heterocycles. The van der Waals surface area contributed by atoms with Gasteiger partial charge in [0.2, 0.25) is 0 Å². The molecule has 0 aliphatic rings. The highest BCUT2D eigenvalue weighted by atomic mass is 16.5. The SMILES string of the molecule is CCc1nn(C)cc1NC(C)c1ccc(C)cc1OC. The molecule has 2 aromatic rings. The zero-order valence-corrected chi connectivity index (χ0v) is 12.9. The maximum absolute atomic E-state index is 5.49. The summed E-state index contributed by atoms with van der Waals surface area (Å²) in [5.74, 6) is 0.923. The Bertz CT molecular complexity index is 589. The lowest BCUT2D eigenvalue weighted by Crippen LogP contribution is -2.09. The molecule has 0 bridgehead atoms. The third kappa shape index (κ3) is 2.95. The van der Waals surface area contributed by atoms with Crippen molar-refractivity contribution in [2.45, 2.75) is 33.2 Å². The van der Waals surface area contributed by atoms with Crippen LogP contribution in [0.1, 0.15) is 36.7 Å². The fourth-order valence-electron chi connectivity index (χ4n) is 2.40. The maximum Gasteiger partial charge on any atom is 0.124 e. The first-order valence-corrected chi connectivity index (χ1v) is 6.98. The van der Waals surface area contributed by atoms with Crippen LogP contribution in [0.5, 0.6) is 5.75 Å². The number of hydrogen-bond acceptors (Lipinski definition) is 3. The monoisotopic (exact) mass is 273 g/mol. The fourth-order valence-corrected chi connectivity index (χ4v) is 2.40. The van der Waals surface area contributed by atoms with Crippen LogP contribution in [0.2, 0.25) is 0 Å². The van der Waals surface area contributed by atoms with E-state index >= 15 is 0 Å². The van der Waals surface area contributed by atoms with Crippen LogP contribution in [-0.2, 0) is 13.5 Å². The topological polar surface area (TPSA) is 39.1 Å². The van der Waals surface area contributed by atoms with Crippen LogP contribution in [0.4, 0.5) is 5.69 Å². The van der Waals surface area contributed by atoms with Gasteiger partial charge < -0.3 is 10.1 Å². The van der Waals surface area contributed by atoms with Crippen molar-refractivity contribution in [2.75, 3.05) is 12.4 Å². The quantitative estimate of drug-likeness (QED) is 0.906. The third-order valence-electron chi connectivity index (χ3n) is 3.47. The van der Waals surface area contributed by atoms with E-state index in [0.717, 1.165) is 29.1 Å². The van der Waals surface area contributed by atoms with Crippen molar-refractivity contribution in [3.05, 3.63) is 41.2 Å². The van der Waals surface area contributed by atoms with E-state index in [2.05, 4.69) is 49.4 Å². The largest absolute Gasteiger partial charge is 0.496 e. The number of nitrogens with one attached hydrogen (secondary N) is 1. The van der Waals surface area contributed by atoms with E-state index in [0.29, 0.717) is 0 Å². The molecule has 1 aromatic carbocycles. The molecule has 2 rings (SSSR count). The minimum atomic E-state index is 0.167. The van der Waals surface area contributed by atoms with Crippen LogP contribution in [0.25, 0.3) is 0 Å². The van der Waals surface area contributed by atoms with Crippen LogP contribution < -0.4 is 10.1 Å². The second-order valence-electron chi connectivity index (χ2n) is 5.13. The standard InChI is InChI=1S/C16H23N3O/c1-6-14-15(10-19(4)18-14)17-12(3)13-8-7-11(2)9-16(13)20-5/h7-10,12,17H,6H2,1-5H3. The van der Waals surface area contributed by atoms with Gasteiger partial charge in [-0.2, -0.15) is 5.10 Å². The molecule has 108 valence electrons. The number of aromatic nitrogens is 2. The van der Waals surface area contributed by atoms with Crippen molar-refractivity contribution < 1.29 is 4.74 Å². The Balaban J connectivity index is 2.25. The Morgan fingerprint density at radius 2 is 2.15 bits per heavy atom. The van der Waals surface area contributed by atoms with Gasteiger partial charge in [0.1, 0.15) is 5.75 Å². The summed E-state index contributed by atoms with van der Waals surface area (Å²) in [6, 6.07) is 6.46. The summed E-state index contributed by atoms with van der Waals surface area (Å²) >= 11 is 0. The summed E-state index contributed by atoms with van der Waals surface area (Å²) in [5.41, 5.74) is 4.54. The lowest BCUT2D eigenvalue weighted by molar-refractivity contribution is 0.407. The molecule has 0 fully saturated rings. The molecular formula is C16H23N3O. The summed E-state index contributed by atoms with van der Waals surface area (Å²) in [6.07, 6.45) is 2.94. The Morgan fingerprint density at radius 3 is 2.80 bits per heavy atom. The van der Waals surface area contributed by atoms with Crippen LogP contribution >= 0.6 is 0 Å². The van der Waals surface area contributed by atoms with Gasteiger partial charge in [-0.25, -0.2) is 0 Å². The van der Waals surface area contributed by atoms with E-state index < -0.39 is 0 Å². The number of nitrogens with zero attached hydrogens (tertiary/aromatic N) is 2. The van der Waals surface area contributed by atoms with E-state index in [1.54, 1.807) is 7.11 Å². The Morgan fingerprint density at radius 1 is 1.40 bits per heavy atom. The zero-order chi connectivity index (χ0) is 14.7. The molecular weight excluding hydrogens is 250 g/mol. The number of methoxy groups -OCH3 is 1. The smallest absolute Gasteiger partial charge is 0.124 e. The van der Waals surface area contributed by atoms with Crippen LogP contribution in [0, 0.1) is 6.92 Å². The number of benzene rings is 1. The second-order valence-corrected chi connectivity index (χ2v) is 5.13. The van der Waals surface area contributed by atoms with Crippen molar-refractivity contribution in [1.82, 2.24) is 9.78 Å². The molecule has 1 heterocycles. The highest BCUT2D eigenvalue weighted by Crippen LogP contribution is 2.29. The van der Waals surface area contributed by atoms with Crippen LogP contribution in [0.15, 0.2) is 24.4 Å². The minimum absolute atomic E-state index is 0.167. The first-order chi connectivity index (χ1) is 9.55. The molecule has 0 saturated carbocycles. The molecule has 4 heteroatoms. The Labute approximate surface area is 120 Å². The lowest BCUT2D eigenvalue weighted by atomic mass is 10.0. The van der Waals surface area contributed by atoms with E-state index in [1.807, 2.05) is 17.9 Å². The van der Waals surface area contributed by atoms with E-state index in [1.165, 1.54) is 5.56 Å². The van der Waals surface area contributed by atoms with Crippen LogP contribution in [0.3, 0.4) is 0 Å². The summed E-state index contributed by atoms with van der Waals surface area (Å²) < 4.78 is 7.33. The zero-order valence-electron chi connectivity index (χ0n) is 12.9. The normalized spacial score (nSPS) is 12.2. The van der Waals surface area contributed by atoms with E-state index in [-0.39, 0.29) is 6.04 Å². The Hall–Kier alpha value is -1.97. The van der Waals surface area contributed by atoms with Crippen molar-refractivity contribution in [1.29, 1.82) is 0 Å². The van der Waals surface area contributed by atoms with Crippen molar-refractivity contribution in [3.63, 3.8) is 0 Å². The van der Waals surface area contributed by atoms with E-state index in [9.17, 15) is 0 Å². The molecule has 20 heavy (non-hydrogen) atoms. The first-order valence-electron chi connectivity index (χ1n) is 6.98. The predicted octanol–water partition coefficient (Wildman–Crippen LogP) is 3.47. The van der Waals surface area contributed by atoms with Crippen molar-refractivity contribution >= 4 is 5.69 Å². The number of ether oxygens (including phenoxy) is 1. The molecule has 0 spiro atoms. The van der Waals surface area contributed by atoms with Crippen molar-refractivity contribution in [2.24, 2.45) is 7.05 Å². The van der Waals surface area contributed by atoms with Gasteiger partial charge in [-0.3, -0.25) is 4.68 Å². The summed E-state index contributed by atoms with van der Waals surface area (Å²) in [7, 11) is 3.66. The highest BCUT2D eigenvalue weighted by molar-refractivity contribution is 5.50. The van der Waals surface area contributed by atoms with Gasteiger partial charge in [0, 0.05) is 18.8 Å². The third-order valence-corrected chi connectivity index (χ3v) is 3.47. The molecule has 1 N–H and O–H groups in total. The fraction of sp³-hybridized carbons (Fsp3) is 0.438. The number of rotatable bonds is 5. The van der Waals surface area contributed by atoms with Crippen molar-refractivity contribution in [3.8, 4) is 5.75 Å². The summed E-state index contributed by atoms with van der Waals surface area (Å²) in [4.78, 5) is 0. The van der Waals surface area contributed by atoms with Gasteiger partial charge in [-0.05, 0) is 31.9 Å². The average molecular weight is 273 g/mol. The van der Waals surface area contributed by atoms with Crippen LogP contribution in [-0.4, -0.2) is 16.9 Å². The molecule has 4 nitrogen and oxygen atoms in total. The van der Waals surface area contributed by atoms with Gasteiger partial charge in [-0.15, -0.1) is 0 Å². The van der Waals surface area contributed by atoms with Gasteiger partial charge >= 0.3 is 0 Å². The summed E-state index contributed by atoms with van der Waals surface area (Å²) in [5, 5.41) is 7.98. The molecule has 0 amide bonds. The first kappa shape index (κ1) is 14.4. The van der Waals surface area contributed by atoms with Gasteiger partial charge in [0.05, 0.1) is 24.5 Å². The summed E-state index contributed by atoms with van der Waals surface area (Å²) in [6.45, 7) is 6.32. The van der Waals surface area contributed by atoms with Gasteiger partial charge in [0.25, 0.3) is 0 Å². The number of anilines is 1. The molecule has 0 radical (unpaired) electrons. The predicted molar refractivity (Wildman–Crippen MR) is 82.4 cm³/mol. The lowest BCUT2D eigenvalue weighted by Gasteiger charge is -2.18. The minimum Gasteiger partial charge on any atom is -0.496 e.